The van der Waals surface area contributed by atoms with Gasteiger partial charge in [0.05, 0.1) is 0 Å². The fourth-order valence-corrected chi connectivity index (χ4v) is 5.94. The van der Waals surface area contributed by atoms with Gasteiger partial charge in [-0.05, 0) is 39.5 Å². The van der Waals surface area contributed by atoms with Gasteiger partial charge in [0.15, 0.2) is 0 Å². The standard InChI is InChI=1S/C22H13O2.2C11H8N.Ir/c23-21-17-9-13-5-1-2-6-14(13)10-18(17)22(24)20-12-16-8-4-3-7-15(16)11-19(20)21;2*1-2-6-10(7-3-1)11-8-4-5-9-12-11;/h1-11,17-18H;2*1-6,8-9H;/q3*-1;+3. The van der Waals surface area contributed by atoms with Gasteiger partial charge < -0.3 is 19.6 Å². The molecule has 0 saturated heterocycles. The Labute approximate surface area is 298 Å². The maximum atomic E-state index is 13.0. The van der Waals surface area contributed by atoms with E-state index >= 15 is 0 Å². The van der Waals surface area contributed by atoms with Crippen molar-refractivity contribution in [3.05, 3.63) is 192 Å². The molecule has 49 heavy (non-hydrogen) atoms. The van der Waals surface area contributed by atoms with Crippen molar-refractivity contribution in [3.63, 3.8) is 0 Å². The first-order valence-corrected chi connectivity index (χ1v) is 15.7. The van der Waals surface area contributed by atoms with Crippen LogP contribution in [0.1, 0.15) is 20.7 Å². The van der Waals surface area contributed by atoms with Crippen molar-refractivity contribution < 1.29 is 29.7 Å². The van der Waals surface area contributed by atoms with E-state index in [-0.39, 0.29) is 31.7 Å². The number of benzene rings is 5. The summed E-state index contributed by atoms with van der Waals surface area (Å²) in [5, 5.41) is 3.85. The Morgan fingerprint density at radius 2 is 1.04 bits per heavy atom. The number of aromatic nitrogens is 2. The molecule has 0 radical (unpaired) electrons. The molecule has 9 rings (SSSR count). The van der Waals surface area contributed by atoms with E-state index in [2.05, 4.69) is 28.2 Å². The third-order valence-electron chi connectivity index (χ3n) is 8.31. The Bertz CT molecular complexity index is 2090. The number of rotatable bonds is 2. The molecule has 0 N–H and O–H groups in total. The van der Waals surface area contributed by atoms with Crippen molar-refractivity contribution in [1.29, 1.82) is 0 Å². The van der Waals surface area contributed by atoms with Gasteiger partial charge in [-0.15, -0.1) is 95.4 Å². The third-order valence-corrected chi connectivity index (χ3v) is 8.31. The Balaban J connectivity index is 0.000000141. The summed E-state index contributed by atoms with van der Waals surface area (Å²) in [4.78, 5) is 34.5. The van der Waals surface area contributed by atoms with Crippen LogP contribution >= 0.6 is 0 Å². The van der Waals surface area contributed by atoms with Gasteiger partial charge in [0.1, 0.15) is 11.6 Å². The Morgan fingerprint density at radius 1 is 0.531 bits per heavy atom. The first-order valence-electron chi connectivity index (χ1n) is 15.7. The number of carbonyl (C=O) groups excluding carboxylic acids is 2. The molecule has 0 aliphatic heterocycles. The van der Waals surface area contributed by atoms with E-state index in [9.17, 15) is 9.59 Å². The van der Waals surface area contributed by atoms with Crippen LogP contribution in [0, 0.1) is 30.0 Å². The number of ketones is 2. The minimum Gasteiger partial charge on any atom is -0.340 e. The number of pyridine rings is 2. The van der Waals surface area contributed by atoms with Gasteiger partial charge in [-0.2, -0.15) is 0 Å². The molecule has 0 saturated carbocycles. The molecular formula is C44H29IrN2O2. The van der Waals surface area contributed by atoms with Crippen LogP contribution in [0.3, 0.4) is 0 Å². The van der Waals surface area contributed by atoms with E-state index in [1.807, 2.05) is 152 Å². The predicted octanol–water partition coefficient (Wildman–Crippen LogP) is 7.62. The summed E-state index contributed by atoms with van der Waals surface area (Å²) in [7, 11) is 0. The molecule has 2 unspecified atom stereocenters. The molecule has 2 heterocycles. The van der Waals surface area contributed by atoms with Crippen molar-refractivity contribution in [1.82, 2.24) is 9.97 Å². The molecule has 0 spiro atoms. The number of fused-ring (bicyclic) bond motifs is 4. The van der Waals surface area contributed by atoms with Gasteiger partial charge >= 0.3 is 20.1 Å². The minimum atomic E-state index is -0.419. The van der Waals surface area contributed by atoms with E-state index < -0.39 is 11.8 Å². The summed E-state index contributed by atoms with van der Waals surface area (Å²) in [5.74, 6) is -0.819. The van der Waals surface area contributed by atoms with E-state index in [0.29, 0.717) is 11.1 Å². The first-order chi connectivity index (χ1) is 23.7. The topological polar surface area (TPSA) is 59.9 Å². The van der Waals surface area contributed by atoms with Gasteiger partial charge in [-0.3, -0.25) is 0 Å². The average Bonchev–Trinajstić information content (AvgIpc) is 3.18. The van der Waals surface area contributed by atoms with Gasteiger partial charge in [0, 0.05) is 24.2 Å². The summed E-state index contributed by atoms with van der Waals surface area (Å²) in [6.45, 7) is 0. The summed E-state index contributed by atoms with van der Waals surface area (Å²) in [6, 6.07) is 54.2. The quantitative estimate of drug-likeness (QED) is 0.169. The van der Waals surface area contributed by atoms with Crippen molar-refractivity contribution in [2.24, 2.45) is 11.8 Å². The second-order valence-corrected chi connectivity index (χ2v) is 11.4. The van der Waals surface area contributed by atoms with Crippen LogP contribution in [0.15, 0.2) is 152 Å². The second kappa shape index (κ2) is 15.5. The maximum Gasteiger partial charge on any atom is 3.00 e. The van der Waals surface area contributed by atoms with Gasteiger partial charge in [0.2, 0.25) is 0 Å². The van der Waals surface area contributed by atoms with Crippen molar-refractivity contribution in [2.75, 3.05) is 0 Å². The number of hydrogen-bond donors (Lipinski definition) is 0. The van der Waals surface area contributed by atoms with Crippen molar-refractivity contribution in [2.45, 2.75) is 0 Å². The molecule has 2 aromatic heterocycles. The summed E-state index contributed by atoms with van der Waals surface area (Å²) < 4.78 is 0. The number of hydrogen-bond acceptors (Lipinski definition) is 4. The van der Waals surface area contributed by atoms with Crippen LogP contribution < -0.4 is 10.4 Å². The van der Waals surface area contributed by atoms with Crippen LogP contribution in [0.5, 0.6) is 0 Å². The molecular weight excluding hydrogens is 781 g/mol. The molecule has 2 aliphatic rings. The van der Waals surface area contributed by atoms with E-state index in [4.69, 9.17) is 0 Å². The maximum absolute atomic E-state index is 13.0. The monoisotopic (exact) mass is 810 g/mol. The summed E-state index contributed by atoms with van der Waals surface area (Å²) in [6.07, 6.45) is 7.46. The molecule has 236 valence electrons. The third kappa shape index (κ3) is 7.44. The minimum absolute atomic E-state index is 0. The van der Waals surface area contributed by atoms with Gasteiger partial charge in [-0.1, -0.05) is 89.8 Å². The van der Waals surface area contributed by atoms with Gasteiger partial charge in [-0.25, -0.2) is 0 Å². The molecule has 2 atom stereocenters. The molecule has 4 nitrogen and oxygen atoms in total. The van der Waals surface area contributed by atoms with Crippen molar-refractivity contribution in [3.8, 4) is 22.5 Å². The molecule has 0 bridgehead atoms. The SMILES string of the molecule is O=C1c2[c-]c3ccccc3cc2C(=O)C2C=c3ccccc3=CC12.[Ir+3].[c-]1ccccc1-c1ccccn1.[c-]1ccccc1-c1ccccn1. The molecule has 5 aromatic carbocycles. The fraction of sp³-hybridized carbons (Fsp3) is 0.0455. The smallest absolute Gasteiger partial charge is 0.340 e. The van der Waals surface area contributed by atoms with E-state index in [0.717, 1.165) is 43.7 Å². The Hall–Kier alpha value is -5.61. The van der Waals surface area contributed by atoms with Crippen LogP contribution in [-0.2, 0) is 20.1 Å². The number of nitrogens with zero attached hydrogens (tertiary/aromatic N) is 2. The molecule has 5 heteroatoms. The first kappa shape index (κ1) is 33.3. The number of Topliss-reactive ketones (excluding diaryl/α,β-unsaturated/α-hetero) is 2. The van der Waals surface area contributed by atoms with E-state index in [1.165, 1.54) is 0 Å². The van der Waals surface area contributed by atoms with Crippen LogP contribution in [0.25, 0.3) is 45.4 Å². The molecule has 7 aromatic rings. The normalized spacial score (nSPS) is 15.2. The van der Waals surface area contributed by atoms with Crippen LogP contribution in [-0.4, -0.2) is 21.5 Å². The largest absolute Gasteiger partial charge is 3.00 e. The zero-order valence-corrected chi connectivity index (χ0v) is 28.7. The Kier molecular flexibility index (Phi) is 10.6. The Morgan fingerprint density at radius 3 is 1.57 bits per heavy atom. The zero-order valence-electron chi connectivity index (χ0n) is 26.3. The van der Waals surface area contributed by atoms with Crippen molar-refractivity contribution >= 4 is 34.5 Å². The summed E-state index contributed by atoms with van der Waals surface area (Å²) >= 11 is 0. The van der Waals surface area contributed by atoms with E-state index in [1.54, 1.807) is 12.4 Å². The summed E-state index contributed by atoms with van der Waals surface area (Å²) in [5.41, 5.74) is 4.96. The van der Waals surface area contributed by atoms with Gasteiger partial charge in [0.25, 0.3) is 0 Å². The zero-order chi connectivity index (χ0) is 32.7. The molecule has 2 aliphatic carbocycles. The van der Waals surface area contributed by atoms with Crippen LogP contribution in [0.4, 0.5) is 0 Å². The molecule has 0 fully saturated rings. The molecule has 0 amide bonds. The number of carbonyl (C=O) groups is 2. The predicted molar refractivity (Wildman–Crippen MR) is 190 cm³/mol. The van der Waals surface area contributed by atoms with Crippen LogP contribution in [0.2, 0.25) is 0 Å². The average molecular weight is 810 g/mol. The second-order valence-electron chi connectivity index (χ2n) is 11.4. The fourth-order valence-electron chi connectivity index (χ4n) is 5.94.